The van der Waals surface area contributed by atoms with Gasteiger partial charge in [0.2, 0.25) is 0 Å². The second-order valence-corrected chi connectivity index (χ2v) is 5.91. The second kappa shape index (κ2) is 6.79. The first-order valence-corrected chi connectivity index (χ1v) is 7.82. The second-order valence-electron chi connectivity index (χ2n) is 5.91. The lowest BCUT2D eigenvalue weighted by Crippen LogP contribution is -2.19. The number of hydrogen-bond acceptors (Lipinski definition) is 3. The predicted octanol–water partition coefficient (Wildman–Crippen LogP) is 3.71. The van der Waals surface area contributed by atoms with Gasteiger partial charge in [0.1, 0.15) is 18.1 Å². The molecule has 3 rings (SSSR count). The van der Waals surface area contributed by atoms with Crippen molar-refractivity contribution in [3.8, 4) is 11.4 Å². The Kier molecular flexibility index (Phi) is 4.76. The van der Waals surface area contributed by atoms with Crippen LogP contribution < -0.4 is 10.5 Å². The van der Waals surface area contributed by atoms with E-state index in [-0.39, 0.29) is 16.9 Å². The third-order valence-corrected chi connectivity index (χ3v) is 3.99. The molecule has 0 spiro atoms. The number of aromatic nitrogens is 1. The summed E-state index contributed by atoms with van der Waals surface area (Å²) >= 11 is 0. The highest BCUT2D eigenvalue weighted by Crippen LogP contribution is 2.33. The van der Waals surface area contributed by atoms with E-state index in [1.807, 2.05) is 0 Å². The van der Waals surface area contributed by atoms with Gasteiger partial charge in [0.05, 0.1) is 5.52 Å². The molecule has 28 heavy (non-hydrogen) atoms. The van der Waals surface area contributed by atoms with Crippen molar-refractivity contribution >= 4 is 16.8 Å². The number of nitrogens with two attached hydrogens (primary N) is 1. The maximum atomic E-state index is 13.8. The van der Waals surface area contributed by atoms with E-state index in [4.69, 9.17) is 10.8 Å². The molecule has 1 heterocycles. The van der Waals surface area contributed by atoms with Gasteiger partial charge in [0.25, 0.3) is 11.8 Å². The van der Waals surface area contributed by atoms with Crippen LogP contribution in [-0.2, 0) is 5.92 Å². The highest BCUT2D eigenvalue weighted by Gasteiger charge is 2.32. The van der Waals surface area contributed by atoms with Crippen LogP contribution in [0, 0.1) is 0 Å². The maximum Gasteiger partial charge on any atom is 0.573 e. The van der Waals surface area contributed by atoms with Crippen LogP contribution >= 0.6 is 0 Å². The van der Waals surface area contributed by atoms with Crippen LogP contribution in [0.4, 0.5) is 22.0 Å². The molecule has 0 saturated carbocycles. The van der Waals surface area contributed by atoms with Crippen LogP contribution in [0.15, 0.2) is 48.5 Å². The van der Waals surface area contributed by atoms with E-state index in [1.165, 1.54) is 24.3 Å². The Hall–Kier alpha value is -3.14. The molecule has 1 aromatic heterocycles. The van der Waals surface area contributed by atoms with Crippen molar-refractivity contribution in [1.82, 2.24) is 4.57 Å². The molecule has 0 bridgehead atoms. The summed E-state index contributed by atoms with van der Waals surface area (Å²) in [6, 6.07) is 9.42. The molecule has 0 saturated heterocycles. The van der Waals surface area contributed by atoms with Crippen molar-refractivity contribution < 1.29 is 36.6 Å². The van der Waals surface area contributed by atoms with Gasteiger partial charge >= 0.3 is 6.36 Å². The molecule has 2 aromatic carbocycles. The number of nitrogens with zero attached hydrogens (tertiary/aromatic N) is 1. The fourth-order valence-electron chi connectivity index (χ4n) is 2.80. The van der Waals surface area contributed by atoms with Crippen molar-refractivity contribution in [3.05, 3.63) is 59.8 Å². The lowest BCUT2D eigenvalue weighted by molar-refractivity contribution is -0.274. The molecule has 3 N–H and O–H groups in total. The third kappa shape index (κ3) is 3.77. The minimum atomic E-state index is -4.93. The first-order chi connectivity index (χ1) is 13.0. The number of hydrogen-bond donors (Lipinski definition) is 2. The van der Waals surface area contributed by atoms with Crippen molar-refractivity contribution in [1.29, 1.82) is 0 Å². The summed E-state index contributed by atoms with van der Waals surface area (Å²) in [6.07, 6.45) is -4.93. The molecule has 0 aliphatic rings. The van der Waals surface area contributed by atoms with E-state index < -0.39 is 36.1 Å². The van der Waals surface area contributed by atoms with Gasteiger partial charge in [0.15, 0.2) is 0 Å². The first kappa shape index (κ1) is 19.6. The fraction of sp³-hybridized carbons (Fsp3) is 0.167. The van der Waals surface area contributed by atoms with Crippen LogP contribution in [0.25, 0.3) is 16.6 Å². The third-order valence-electron chi connectivity index (χ3n) is 3.99. The van der Waals surface area contributed by atoms with Gasteiger partial charge in [-0.1, -0.05) is 12.1 Å². The molecular formula is C18H13F5N2O3. The molecular weight excluding hydrogens is 387 g/mol. The minimum absolute atomic E-state index is 0.0542. The van der Waals surface area contributed by atoms with E-state index in [1.54, 1.807) is 0 Å². The average molecular weight is 400 g/mol. The van der Waals surface area contributed by atoms with E-state index >= 15 is 0 Å². The Morgan fingerprint density at radius 1 is 1.07 bits per heavy atom. The van der Waals surface area contributed by atoms with Gasteiger partial charge in [-0.25, -0.2) is 0 Å². The normalized spacial score (nSPS) is 12.4. The largest absolute Gasteiger partial charge is 0.573 e. The van der Waals surface area contributed by atoms with E-state index in [2.05, 4.69) is 4.74 Å². The molecule has 0 unspecified atom stereocenters. The number of rotatable bonds is 5. The van der Waals surface area contributed by atoms with Gasteiger partial charge in [-0.3, -0.25) is 4.79 Å². The molecule has 0 aliphatic carbocycles. The lowest BCUT2D eigenvalue weighted by Gasteiger charge is -2.16. The predicted molar refractivity (Wildman–Crippen MR) is 89.5 cm³/mol. The number of amides is 1. The summed E-state index contributed by atoms with van der Waals surface area (Å²) in [7, 11) is 0. The number of alkyl halides is 5. The highest BCUT2D eigenvalue weighted by molar-refractivity contribution is 5.99. The van der Waals surface area contributed by atoms with E-state index in [0.717, 1.165) is 28.8 Å². The monoisotopic (exact) mass is 400 g/mol. The SMILES string of the molecule is NC(=O)c1cc2ccc(OC(F)(F)F)cc2n1-c1cccc(C(F)(F)CO)c1. The summed E-state index contributed by atoms with van der Waals surface area (Å²) in [5, 5.41) is 9.22. The molecule has 0 atom stereocenters. The molecule has 0 fully saturated rings. The standard InChI is InChI=1S/C18H13F5N2O3/c19-17(20,9-26)11-2-1-3-12(7-11)25-14-8-13(28-18(21,22)23)5-4-10(14)6-15(25)16(24)27/h1-8,26H,9H2,(H2,24,27). The topological polar surface area (TPSA) is 77.5 Å². The number of carbonyl (C=O) groups excluding carboxylic acids is 1. The maximum absolute atomic E-state index is 13.8. The average Bonchev–Trinajstić information content (AvgIpc) is 2.99. The molecule has 5 nitrogen and oxygen atoms in total. The summed E-state index contributed by atoms with van der Waals surface area (Å²) in [6.45, 7) is -1.44. The van der Waals surface area contributed by atoms with Gasteiger partial charge in [0, 0.05) is 22.7 Å². The number of carbonyl (C=O) groups is 1. The number of ether oxygens (including phenoxy) is 1. The number of aliphatic hydroxyl groups excluding tert-OH is 1. The number of fused-ring (bicyclic) bond motifs is 1. The summed E-state index contributed by atoms with van der Waals surface area (Å²) in [5.74, 6) is -5.00. The smallest absolute Gasteiger partial charge is 0.406 e. The molecule has 1 amide bonds. The van der Waals surface area contributed by atoms with Crippen LogP contribution in [0.3, 0.4) is 0 Å². The van der Waals surface area contributed by atoms with E-state index in [9.17, 15) is 26.7 Å². The zero-order valence-corrected chi connectivity index (χ0v) is 14.0. The van der Waals surface area contributed by atoms with Crippen molar-refractivity contribution in [2.24, 2.45) is 5.73 Å². The zero-order valence-electron chi connectivity index (χ0n) is 14.0. The quantitative estimate of drug-likeness (QED) is 0.641. The van der Waals surface area contributed by atoms with Crippen molar-refractivity contribution in [2.75, 3.05) is 6.61 Å². The Balaban J connectivity index is 2.23. The zero-order chi connectivity index (χ0) is 20.7. The Bertz CT molecular complexity index is 1040. The highest BCUT2D eigenvalue weighted by atomic mass is 19.4. The minimum Gasteiger partial charge on any atom is -0.406 e. The van der Waals surface area contributed by atoms with Crippen LogP contribution in [-0.4, -0.2) is 28.6 Å². The number of aliphatic hydroxyl groups is 1. The number of halogens is 5. The summed E-state index contributed by atoms with van der Waals surface area (Å²) in [4.78, 5) is 11.8. The molecule has 148 valence electrons. The van der Waals surface area contributed by atoms with Crippen molar-refractivity contribution in [2.45, 2.75) is 12.3 Å². The van der Waals surface area contributed by atoms with Crippen molar-refractivity contribution in [3.63, 3.8) is 0 Å². The molecule has 10 heteroatoms. The van der Waals surface area contributed by atoms with Gasteiger partial charge in [-0.15, -0.1) is 13.2 Å². The van der Waals surface area contributed by atoms with Crippen LogP contribution in [0.1, 0.15) is 16.1 Å². The molecule has 0 radical (unpaired) electrons. The fourth-order valence-corrected chi connectivity index (χ4v) is 2.80. The van der Waals surface area contributed by atoms with Crippen LogP contribution in [0.5, 0.6) is 5.75 Å². The van der Waals surface area contributed by atoms with Gasteiger partial charge < -0.3 is 20.1 Å². The van der Waals surface area contributed by atoms with Gasteiger partial charge in [-0.05, 0) is 30.3 Å². The van der Waals surface area contributed by atoms with E-state index in [0.29, 0.717) is 5.39 Å². The van der Waals surface area contributed by atoms with Gasteiger partial charge in [-0.2, -0.15) is 8.78 Å². The first-order valence-electron chi connectivity index (χ1n) is 7.82. The Labute approximate surface area is 154 Å². The Morgan fingerprint density at radius 2 is 1.79 bits per heavy atom. The molecule has 3 aromatic rings. The van der Waals surface area contributed by atoms with Crippen LogP contribution in [0.2, 0.25) is 0 Å². The number of benzene rings is 2. The summed E-state index contributed by atoms with van der Waals surface area (Å²) < 4.78 is 70.2. The summed E-state index contributed by atoms with van der Waals surface area (Å²) in [5.41, 5.74) is 4.84. The molecule has 0 aliphatic heterocycles. The Morgan fingerprint density at radius 3 is 2.39 bits per heavy atom. The number of primary amides is 1. The lowest BCUT2D eigenvalue weighted by atomic mass is 10.1.